The van der Waals surface area contributed by atoms with Gasteiger partial charge in [0.1, 0.15) is 0 Å². The van der Waals surface area contributed by atoms with E-state index in [-0.39, 0.29) is 6.07 Å². The normalized spacial score (nSPS) is 20.5. The third kappa shape index (κ3) is 1.50. The van der Waals surface area contributed by atoms with E-state index in [1.165, 1.54) is 0 Å². The van der Waals surface area contributed by atoms with Crippen molar-refractivity contribution in [1.82, 2.24) is 0 Å². The summed E-state index contributed by atoms with van der Waals surface area (Å²) in [4.78, 5) is 0. The fourth-order valence-electron chi connectivity index (χ4n) is 1.57. The number of allylic oxidation sites excluding steroid dienone is 2. The van der Waals surface area contributed by atoms with Crippen LogP contribution in [0.2, 0.25) is 0 Å². The molecule has 19 heavy (non-hydrogen) atoms. The predicted molar refractivity (Wildman–Crippen MR) is 44.2 cm³/mol. The fraction of sp³-hybridized carbons (Fsp3) is 0.200. The average molecular weight is 292 g/mol. The molecule has 0 saturated heterocycles. The summed E-state index contributed by atoms with van der Waals surface area (Å²) in [6, 6.07) is -0.314. The quantitative estimate of drug-likeness (QED) is 0.413. The van der Waals surface area contributed by atoms with Crippen LogP contribution in [0.1, 0.15) is 5.56 Å². The first kappa shape index (κ1) is 13.8. The average Bonchev–Trinajstić information content (AvgIpc) is 2.32. The van der Waals surface area contributed by atoms with E-state index in [1.54, 1.807) is 0 Å². The van der Waals surface area contributed by atoms with Crippen molar-refractivity contribution >= 4 is 5.57 Å². The SMILES string of the molecule is FC1=C(c2cc(F)c(F)c(F)c2F)C(F)(F)C1(F)F. The molecule has 0 radical (unpaired) electrons. The Bertz CT molecular complexity index is 600. The molecule has 104 valence electrons. The molecule has 1 aromatic rings. The van der Waals surface area contributed by atoms with Crippen LogP contribution >= 0.6 is 0 Å². The van der Waals surface area contributed by atoms with E-state index in [2.05, 4.69) is 0 Å². The van der Waals surface area contributed by atoms with E-state index in [0.717, 1.165) is 0 Å². The molecule has 1 aromatic carbocycles. The van der Waals surface area contributed by atoms with Gasteiger partial charge in [-0.05, 0) is 6.07 Å². The van der Waals surface area contributed by atoms with E-state index < -0.39 is 52.1 Å². The molecule has 0 saturated carbocycles. The zero-order valence-electron chi connectivity index (χ0n) is 8.48. The van der Waals surface area contributed by atoms with Gasteiger partial charge in [0.25, 0.3) is 0 Å². The van der Waals surface area contributed by atoms with E-state index in [4.69, 9.17) is 0 Å². The van der Waals surface area contributed by atoms with Gasteiger partial charge in [0.2, 0.25) is 0 Å². The molecule has 2 rings (SSSR count). The van der Waals surface area contributed by atoms with Crippen molar-refractivity contribution in [2.75, 3.05) is 0 Å². The van der Waals surface area contributed by atoms with Crippen LogP contribution in [-0.4, -0.2) is 11.8 Å². The summed E-state index contributed by atoms with van der Waals surface area (Å²) in [6.45, 7) is 0. The lowest BCUT2D eigenvalue weighted by Crippen LogP contribution is -2.51. The van der Waals surface area contributed by atoms with E-state index in [1.807, 2.05) is 0 Å². The summed E-state index contributed by atoms with van der Waals surface area (Å²) >= 11 is 0. The lowest BCUT2D eigenvalue weighted by Gasteiger charge is -2.37. The highest BCUT2D eigenvalue weighted by atomic mass is 19.3. The summed E-state index contributed by atoms with van der Waals surface area (Å²) in [5.41, 5.74) is -3.99. The van der Waals surface area contributed by atoms with Crippen LogP contribution in [0, 0.1) is 23.3 Å². The predicted octanol–water partition coefficient (Wildman–Crippen LogP) is 4.21. The number of benzene rings is 1. The topological polar surface area (TPSA) is 0 Å². The van der Waals surface area contributed by atoms with Gasteiger partial charge in [-0.1, -0.05) is 0 Å². The molecule has 0 spiro atoms. The van der Waals surface area contributed by atoms with Crippen LogP contribution in [-0.2, 0) is 0 Å². The minimum absolute atomic E-state index is 0.314. The Labute approximate surface area is 98.7 Å². The van der Waals surface area contributed by atoms with Crippen LogP contribution in [0.5, 0.6) is 0 Å². The van der Waals surface area contributed by atoms with Gasteiger partial charge >= 0.3 is 11.8 Å². The molecule has 0 bridgehead atoms. The lowest BCUT2D eigenvalue weighted by molar-refractivity contribution is -0.182. The van der Waals surface area contributed by atoms with Crippen LogP contribution in [0.3, 0.4) is 0 Å². The number of alkyl halides is 4. The van der Waals surface area contributed by atoms with Crippen molar-refractivity contribution < 1.29 is 39.5 Å². The van der Waals surface area contributed by atoms with Crippen molar-refractivity contribution in [3.63, 3.8) is 0 Å². The van der Waals surface area contributed by atoms with Gasteiger partial charge in [0.05, 0.1) is 5.57 Å². The Hall–Kier alpha value is -1.67. The second kappa shape index (κ2) is 3.67. The number of rotatable bonds is 1. The molecule has 1 aliphatic rings. The minimum atomic E-state index is -5.20. The molecular weight excluding hydrogens is 291 g/mol. The second-order valence-electron chi connectivity index (χ2n) is 3.69. The number of halogens is 9. The highest BCUT2D eigenvalue weighted by molar-refractivity contribution is 5.82. The van der Waals surface area contributed by atoms with E-state index in [0.29, 0.717) is 0 Å². The first-order valence-corrected chi connectivity index (χ1v) is 4.53. The van der Waals surface area contributed by atoms with Crippen molar-refractivity contribution in [3.8, 4) is 0 Å². The second-order valence-corrected chi connectivity index (χ2v) is 3.69. The van der Waals surface area contributed by atoms with Crippen LogP contribution in [0.15, 0.2) is 11.9 Å². The molecule has 0 N–H and O–H groups in total. The van der Waals surface area contributed by atoms with Crippen LogP contribution in [0.4, 0.5) is 39.5 Å². The fourth-order valence-corrected chi connectivity index (χ4v) is 1.57. The zero-order chi connectivity index (χ0) is 14.7. The molecule has 1 aliphatic carbocycles. The van der Waals surface area contributed by atoms with Crippen molar-refractivity contribution in [2.24, 2.45) is 0 Å². The first-order valence-electron chi connectivity index (χ1n) is 4.53. The monoisotopic (exact) mass is 292 g/mol. The third-order valence-corrected chi connectivity index (χ3v) is 2.58. The molecule has 0 aromatic heterocycles. The summed E-state index contributed by atoms with van der Waals surface area (Å²) in [6.07, 6.45) is 0. The largest absolute Gasteiger partial charge is 0.365 e. The van der Waals surface area contributed by atoms with Crippen LogP contribution in [0.25, 0.3) is 5.57 Å². The van der Waals surface area contributed by atoms with Crippen molar-refractivity contribution in [3.05, 3.63) is 40.7 Å². The molecule has 0 aliphatic heterocycles. The molecule has 0 fully saturated rings. The highest BCUT2D eigenvalue weighted by Crippen LogP contribution is 2.60. The summed E-state index contributed by atoms with van der Waals surface area (Å²) in [5.74, 6) is -22.4. The zero-order valence-corrected chi connectivity index (χ0v) is 8.48. The standard InChI is InChI=1S/C10HF9/c11-3-1-2(5(12)7(14)6(3)13)4-8(15)10(18,19)9(4,16)17/h1H. The number of hydrogen-bond acceptors (Lipinski definition) is 0. The first-order chi connectivity index (χ1) is 8.53. The Morgan fingerprint density at radius 1 is 0.684 bits per heavy atom. The highest BCUT2D eigenvalue weighted by Gasteiger charge is 2.73. The molecule has 0 heterocycles. The number of hydrogen-bond donors (Lipinski definition) is 0. The molecule has 9 heteroatoms. The summed E-state index contributed by atoms with van der Waals surface area (Å²) in [5, 5.41) is 0. The maximum Gasteiger partial charge on any atom is 0.365 e. The van der Waals surface area contributed by atoms with Gasteiger partial charge in [-0.15, -0.1) is 0 Å². The van der Waals surface area contributed by atoms with Crippen molar-refractivity contribution in [2.45, 2.75) is 11.8 Å². The Kier molecular flexibility index (Phi) is 2.66. The maximum atomic E-state index is 13.1. The van der Waals surface area contributed by atoms with Gasteiger partial charge in [-0.2, -0.15) is 17.6 Å². The Morgan fingerprint density at radius 2 is 1.21 bits per heavy atom. The van der Waals surface area contributed by atoms with E-state index >= 15 is 0 Å². The molecule has 0 amide bonds. The molecule has 0 atom stereocenters. The van der Waals surface area contributed by atoms with Gasteiger partial charge in [0, 0.05) is 5.56 Å². The molecule has 0 unspecified atom stereocenters. The molecular formula is C10HF9. The Balaban J connectivity index is 2.73. The van der Waals surface area contributed by atoms with Gasteiger partial charge in [-0.25, -0.2) is 22.0 Å². The summed E-state index contributed by atoms with van der Waals surface area (Å²) < 4.78 is 115. The van der Waals surface area contributed by atoms with Gasteiger partial charge in [-0.3, -0.25) is 0 Å². The van der Waals surface area contributed by atoms with Crippen LogP contribution < -0.4 is 0 Å². The smallest absolute Gasteiger partial charge is 0.204 e. The third-order valence-electron chi connectivity index (χ3n) is 2.58. The van der Waals surface area contributed by atoms with Gasteiger partial charge < -0.3 is 0 Å². The van der Waals surface area contributed by atoms with Crippen molar-refractivity contribution in [1.29, 1.82) is 0 Å². The Morgan fingerprint density at radius 3 is 1.68 bits per heavy atom. The van der Waals surface area contributed by atoms with Gasteiger partial charge in [0.15, 0.2) is 29.1 Å². The maximum absolute atomic E-state index is 13.1. The summed E-state index contributed by atoms with van der Waals surface area (Å²) in [7, 11) is 0. The van der Waals surface area contributed by atoms with E-state index in [9.17, 15) is 39.5 Å². The lowest BCUT2D eigenvalue weighted by atomic mass is 9.82. The molecule has 0 nitrogen and oxygen atoms in total. The minimum Gasteiger partial charge on any atom is -0.204 e.